The number of halogens is 1. The molecule has 3 rings (SSSR count). The van der Waals surface area contributed by atoms with Crippen LogP contribution in [0.3, 0.4) is 0 Å². The van der Waals surface area contributed by atoms with E-state index in [-0.39, 0.29) is 29.4 Å². The van der Waals surface area contributed by atoms with Crippen LogP contribution < -0.4 is 0 Å². The first-order valence-electron chi connectivity index (χ1n) is 8.36. The van der Waals surface area contributed by atoms with Crippen LogP contribution >= 0.6 is 0 Å². The minimum absolute atomic E-state index is 0.00877. The van der Waals surface area contributed by atoms with Crippen molar-refractivity contribution in [2.24, 2.45) is 18.9 Å². The van der Waals surface area contributed by atoms with E-state index in [4.69, 9.17) is 0 Å². The first-order chi connectivity index (χ1) is 12.1. The van der Waals surface area contributed by atoms with E-state index in [1.807, 2.05) is 50.4 Å². The Morgan fingerprint density at radius 3 is 2.32 bits per heavy atom. The lowest BCUT2D eigenvalue weighted by Gasteiger charge is -2.27. The van der Waals surface area contributed by atoms with Gasteiger partial charge in [0.25, 0.3) is 0 Å². The number of nitrogens with zero attached hydrogens (tertiary/aromatic N) is 2. The number of carbonyl (C=O) groups is 1. The molecule has 0 N–H and O–H groups in total. The Morgan fingerprint density at radius 2 is 1.76 bits per heavy atom. The van der Waals surface area contributed by atoms with Gasteiger partial charge in [0.1, 0.15) is 5.82 Å². The van der Waals surface area contributed by atoms with Gasteiger partial charge in [0.15, 0.2) is 5.82 Å². The van der Waals surface area contributed by atoms with Gasteiger partial charge in [-0.25, -0.2) is 9.37 Å². The highest BCUT2D eigenvalue weighted by Crippen LogP contribution is 2.34. The van der Waals surface area contributed by atoms with Gasteiger partial charge in [-0.15, -0.1) is 0 Å². The Hall–Kier alpha value is -2.75. The molecule has 2 atom stereocenters. The molecule has 0 aliphatic heterocycles. The molecule has 3 nitrogen and oxygen atoms in total. The average molecular weight is 336 g/mol. The molecule has 0 saturated heterocycles. The van der Waals surface area contributed by atoms with E-state index >= 15 is 0 Å². The number of hydrogen-bond donors (Lipinski definition) is 0. The summed E-state index contributed by atoms with van der Waals surface area (Å²) in [5, 5.41) is 0. The van der Waals surface area contributed by atoms with Gasteiger partial charge in [0.2, 0.25) is 5.78 Å². The van der Waals surface area contributed by atoms with Gasteiger partial charge in [-0.1, -0.05) is 55.5 Å². The molecule has 0 bridgehead atoms. The van der Waals surface area contributed by atoms with Gasteiger partial charge in [-0.2, -0.15) is 0 Å². The number of hydrogen-bond acceptors (Lipinski definition) is 2. The topological polar surface area (TPSA) is 34.9 Å². The number of Topliss-reactive ketones (excluding diaryl/α,β-unsaturated/α-hetero) is 1. The van der Waals surface area contributed by atoms with Crippen molar-refractivity contribution in [2.45, 2.75) is 12.8 Å². The molecule has 0 saturated carbocycles. The number of rotatable bonds is 5. The number of aromatic nitrogens is 2. The summed E-state index contributed by atoms with van der Waals surface area (Å²) in [7, 11) is 1.82. The summed E-state index contributed by atoms with van der Waals surface area (Å²) in [5.74, 6) is -0.301. The number of benzene rings is 1. The zero-order valence-corrected chi connectivity index (χ0v) is 14.3. The molecule has 2 aromatic rings. The zero-order valence-electron chi connectivity index (χ0n) is 14.3. The lowest BCUT2D eigenvalue weighted by atomic mass is 9.75. The summed E-state index contributed by atoms with van der Waals surface area (Å²) in [4.78, 5) is 17.5. The smallest absolute Gasteiger partial charge is 0.202 e. The van der Waals surface area contributed by atoms with Crippen LogP contribution in [0.4, 0.5) is 4.39 Å². The summed E-state index contributed by atoms with van der Waals surface area (Å²) in [6, 6.07) is 6.38. The van der Waals surface area contributed by atoms with Crippen LogP contribution in [0, 0.1) is 17.7 Å². The number of aryl methyl sites for hydroxylation is 1. The molecular formula is C21H21FN2O. The highest BCUT2D eigenvalue weighted by molar-refractivity contribution is 5.96. The molecule has 1 unspecified atom stereocenters. The minimum atomic E-state index is -0.320. The molecule has 4 heteroatoms. The predicted molar refractivity (Wildman–Crippen MR) is 96.8 cm³/mol. The first kappa shape index (κ1) is 17.1. The van der Waals surface area contributed by atoms with Gasteiger partial charge in [0, 0.05) is 31.3 Å². The van der Waals surface area contributed by atoms with Crippen molar-refractivity contribution >= 4 is 5.78 Å². The number of carbonyl (C=O) groups excluding carboxylic acids is 1. The molecule has 0 amide bonds. The molecule has 1 heterocycles. The van der Waals surface area contributed by atoms with Crippen LogP contribution in [-0.4, -0.2) is 15.3 Å². The Kier molecular flexibility index (Phi) is 5.08. The van der Waals surface area contributed by atoms with Gasteiger partial charge < -0.3 is 4.57 Å². The SMILES string of the molecule is C[C@H](c1ccc(F)cc1)C(C(=O)c1nccn1C)C1C=CC=CC=C1. The second-order valence-electron chi connectivity index (χ2n) is 6.32. The van der Waals surface area contributed by atoms with E-state index in [1.54, 1.807) is 29.1 Å². The Balaban J connectivity index is 2.00. The van der Waals surface area contributed by atoms with Crippen molar-refractivity contribution in [3.05, 3.63) is 90.3 Å². The van der Waals surface area contributed by atoms with Gasteiger partial charge in [-0.3, -0.25) is 4.79 Å². The fourth-order valence-corrected chi connectivity index (χ4v) is 3.28. The maximum atomic E-state index is 13.3. The van der Waals surface area contributed by atoms with Crippen LogP contribution in [0.2, 0.25) is 0 Å². The molecule has 1 aliphatic rings. The van der Waals surface area contributed by atoms with Crippen molar-refractivity contribution in [3.8, 4) is 0 Å². The quantitative estimate of drug-likeness (QED) is 0.756. The third-order valence-electron chi connectivity index (χ3n) is 4.69. The van der Waals surface area contributed by atoms with Crippen LogP contribution in [0.1, 0.15) is 29.0 Å². The average Bonchev–Trinajstić information content (AvgIpc) is 2.86. The third kappa shape index (κ3) is 3.68. The number of allylic oxidation sites excluding steroid dienone is 6. The standard InChI is InChI=1S/C21H21FN2O/c1-15(16-9-11-18(22)12-10-16)19(17-7-5-3-4-6-8-17)20(25)21-23-13-14-24(21)2/h3-15,17,19H,1-2H3/t15-,19?/m1/s1. The molecule has 0 fully saturated rings. The van der Waals surface area contributed by atoms with Crippen molar-refractivity contribution in [1.29, 1.82) is 0 Å². The highest BCUT2D eigenvalue weighted by Gasteiger charge is 2.34. The highest BCUT2D eigenvalue weighted by atomic mass is 19.1. The molecular weight excluding hydrogens is 315 g/mol. The predicted octanol–water partition coefficient (Wildman–Crippen LogP) is 4.46. The summed E-state index contributed by atoms with van der Waals surface area (Å²) >= 11 is 0. The summed E-state index contributed by atoms with van der Waals surface area (Å²) in [6.07, 6.45) is 15.3. The van der Waals surface area contributed by atoms with E-state index in [9.17, 15) is 9.18 Å². The van der Waals surface area contributed by atoms with Crippen molar-refractivity contribution < 1.29 is 9.18 Å². The molecule has 1 aromatic carbocycles. The lowest BCUT2D eigenvalue weighted by molar-refractivity contribution is 0.0869. The molecule has 25 heavy (non-hydrogen) atoms. The second kappa shape index (κ2) is 7.43. The van der Waals surface area contributed by atoms with Crippen LogP contribution in [0.15, 0.2) is 73.1 Å². The van der Waals surface area contributed by atoms with Crippen LogP contribution in [0.25, 0.3) is 0 Å². The van der Waals surface area contributed by atoms with E-state index in [2.05, 4.69) is 4.98 Å². The molecule has 0 spiro atoms. The van der Waals surface area contributed by atoms with Crippen LogP contribution in [-0.2, 0) is 7.05 Å². The summed E-state index contributed by atoms with van der Waals surface area (Å²) in [6.45, 7) is 2.01. The van der Waals surface area contributed by atoms with Crippen molar-refractivity contribution in [1.82, 2.24) is 9.55 Å². The largest absolute Gasteiger partial charge is 0.332 e. The van der Waals surface area contributed by atoms with Crippen molar-refractivity contribution in [3.63, 3.8) is 0 Å². The summed E-state index contributed by atoms with van der Waals surface area (Å²) in [5.41, 5.74) is 0.938. The first-order valence-corrected chi connectivity index (χ1v) is 8.36. The Bertz CT molecular complexity index is 814. The molecule has 128 valence electrons. The van der Waals surface area contributed by atoms with Gasteiger partial charge in [-0.05, 0) is 23.6 Å². The van der Waals surface area contributed by atoms with E-state index in [0.717, 1.165) is 5.56 Å². The second-order valence-corrected chi connectivity index (χ2v) is 6.32. The van der Waals surface area contributed by atoms with E-state index in [0.29, 0.717) is 5.82 Å². The van der Waals surface area contributed by atoms with Gasteiger partial charge in [0.05, 0.1) is 0 Å². The number of imidazole rings is 1. The monoisotopic (exact) mass is 336 g/mol. The Labute approximate surface area is 147 Å². The Morgan fingerprint density at radius 1 is 1.12 bits per heavy atom. The minimum Gasteiger partial charge on any atom is -0.332 e. The fraction of sp³-hybridized carbons (Fsp3) is 0.238. The molecule has 1 aliphatic carbocycles. The zero-order chi connectivity index (χ0) is 17.8. The normalized spacial score (nSPS) is 16.6. The maximum Gasteiger partial charge on any atom is 0.202 e. The van der Waals surface area contributed by atoms with E-state index < -0.39 is 0 Å². The molecule has 1 aromatic heterocycles. The fourth-order valence-electron chi connectivity index (χ4n) is 3.28. The van der Waals surface area contributed by atoms with E-state index in [1.165, 1.54) is 12.1 Å². The lowest BCUT2D eigenvalue weighted by Crippen LogP contribution is -2.29. The third-order valence-corrected chi connectivity index (χ3v) is 4.69. The van der Waals surface area contributed by atoms with Gasteiger partial charge >= 0.3 is 0 Å². The molecule has 0 radical (unpaired) electrons. The maximum absolute atomic E-state index is 13.3. The van der Waals surface area contributed by atoms with Crippen molar-refractivity contribution in [2.75, 3.05) is 0 Å². The number of ketones is 1. The summed E-state index contributed by atoms with van der Waals surface area (Å²) < 4.78 is 15.0. The van der Waals surface area contributed by atoms with Crippen LogP contribution in [0.5, 0.6) is 0 Å².